The van der Waals surface area contributed by atoms with Crippen molar-refractivity contribution in [3.05, 3.63) is 56.8 Å². The SMILES string of the molecule is CCCCn1c(=O)c2cc(Cl)ccc2n2c3cc(C)c(C)cc3nc12. The molecular weight excluding hydrogens is 334 g/mol. The Morgan fingerprint density at radius 1 is 1.08 bits per heavy atom. The van der Waals surface area contributed by atoms with Gasteiger partial charge in [-0.25, -0.2) is 4.98 Å². The minimum atomic E-state index is -0.0257. The Labute approximate surface area is 150 Å². The van der Waals surface area contributed by atoms with Crippen molar-refractivity contribution in [1.29, 1.82) is 0 Å². The van der Waals surface area contributed by atoms with E-state index < -0.39 is 0 Å². The highest BCUT2D eigenvalue weighted by Gasteiger charge is 2.16. The Kier molecular flexibility index (Phi) is 3.80. The number of aryl methyl sites for hydroxylation is 3. The van der Waals surface area contributed by atoms with Gasteiger partial charge in [-0.1, -0.05) is 24.9 Å². The second-order valence-corrected chi connectivity index (χ2v) is 7.08. The standard InChI is InChI=1S/C20H20ClN3O/c1-4-5-8-23-19(25)15-11-14(21)6-7-17(15)24-18-10-13(3)12(2)9-16(18)22-20(23)24/h6-7,9-11H,4-5,8H2,1-3H3. The molecule has 4 rings (SSSR count). The fourth-order valence-electron chi connectivity index (χ4n) is 3.37. The van der Waals surface area contributed by atoms with Crippen molar-refractivity contribution >= 4 is 39.3 Å². The molecule has 2 aromatic carbocycles. The van der Waals surface area contributed by atoms with Gasteiger partial charge in [0, 0.05) is 11.6 Å². The normalized spacial score (nSPS) is 11.8. The summed E-state index contributed by atoms with van der Waals surface area (Å²) in [4.78, 5) is 17.9. The van der Waals surface area contributed by atoms with Crippen molar-refractivity contribution in [3.8, 4) is 0 Å². The summed E-state index contributed by atoms with van der Waals surface area (Å²) in [6.07, 6.45) is 1.95. The van der Waals surface area contributed by atoms with Crippen LogP contribution in [0.3, 0.4) is 0 Å². The molecule has 2 heterocycles. The summed E-state index contributed by atoms with van der Waals surface area (Å²) >= 11 is 6.16. The fraction of sp³-hybridized carbons (Fsp3) is 0.300. The number of aromatic nitrogens is 3. The topological polar surface area (TPSA) is 39.3 Å². The van der Waals surface area contributed by atoms with Crippen molar-refractivity contribution in [2.75, 3.05) is 0 Å². The zero-order chi connectivity index (χ0) is 17.7. The third-order valence-electron chi connectivity index (χ3n) is 4.90. The van der Waals surface area contributed by atoms with Crippen molar-refractivity contribution in [1.82, 2.24) is 14.0 Å². The van der Waals surface area contributed by atoms with Gasteiger partial charge in [0.05, 0.1) is 21.9 Å². The van der Waals surface area contributed by atoms with E-state index in [0.717, 1.165) is 29.4 Å². The molecule has 4 nitrogen and oxygen atoms in total. The van der Waals surface area contributed by atoms with Gasteiger partial charge in [-0.15, -0.1) is 0 Å². The number of nitrogens with zero attached hydrogens (tertiary/aromatic N) is 3. The van der Waals surface area contributed by atoms with E-state index in [-0.39, 0.29) is 5.56 Å². The fourth-order valence-corrected chi connectivity index (χ4v) is 3.54. The lowest BCUT2D eigenvalue weighted by Crippen LogP contribution is -2.23. The van der Waals surface area contributed by atoms with Crippen LogP contribution in [-0.2, 0) is 6.54 Å². The Balaban J connectivity index is 2.25. The lowest BCUT2D eigenvalue weighted by molar-refractivity contribution is 0.623. The first-order chi connectivity index (χ1) is 12.0. The predicted octanol–water partition coefficient (Wildman–Crippen LogP) is 4.87. The van der Waals surface area contributed by atoms with E-state index in [0.29, 0.717) is 22.7 Å². The number of hydrogen-bond acceptors (Lipinski definition) is 2. The summed E-state index contributed by atoms with van der Waals surface area (Å²) in [5.74, 6) is 0.702. The summed E-state index contributed by atoms with van der Waals surface area (Å²) < 4.78 is 3.87. The van der Waals surface area contributed by atoms with E-state index in [1.165, 1.54) is 11.1 Å². The van der Waals surface area contributed by atoms with Crippen molar-refractivity contribution in [2.45, 2.75) is 40.2 Å². The highest BCUT2D eigenvalue weighted by Crippen LogP contribution is 2.25. The van der Waals surface area contributed by atoms with E-state index in [1.807, 2.05) is 12.1 Å². The van der Waals surface area contributed by atoms with E-state index in [4.69, 9.17) is 16.6 Å². The van der Waals surface area contributed by atoms with Gasteiger partial charge in [-0.05, 0) is 61.7 Å². The van der Waals surface area contributed by atoms with Crippen molar-refractivity contribution < 1.29 is 0 Å². The third kappa shape index (κ3) is 2.44. The van der Waals surface area contributed by atoms with Crippen molar-refractivity contribution in [3.63, 3.8) is 0 Å². The Bertz CT molecular complexity index is 1190. The number of rotatable bonds is 3. The van der Waals surface area contributed by atoms with Gasteiger partial charge in [-0.3, -0.25) is 13.8 Å². The molecule has 0 N–H and O–H groups in total. The van der Waals surface area contributed by atoms with E-state index in [1.54, 1.807) is 10.6 Å². The average Bonchev–Trinajstić information content (AvgIpc) is 2.93. The number of fused-ring (bicyclic) bond motifs is 5. The van der Waals surface area contributed by atoms with Gasteiger partial charge >= 0.3 is 0 Å². The molecule has 0 radical (unpaired) electrons. The molecule has 0 amide bonds. The molecule has 0 aliphatic heterocycles. The molecule has 0 saturated heterocycles. The number of imidazole rings is 1. The number of benzene rings is 2. The quantitative estimate of drug-likeness (QED) is 0.527. The van der Waals surface area contributed by atoms with Gasteiger partial charge in [0.2, 0.25) is 5.78 Å². The van der Waals surface area contributed by atoms with Gasteiger partial charge in [0.15, 0.2) is 0 Å². The highest BCUT2D eigenvalue weighted by atomic mass is 35.5. The summed E-state index contributed by atoms with van der Waals surface area (Å²) in [7, 11) is 0. The van der Waals surface area contributed by atoms with Crippen LogP contribution in [-0.4, -0.2) is 14.0 Å². The summed E-state index contributed by atoms with van der Waals surface area (Å²) in [6, 6.07) is 9.73. The Morgan fingerprint density at radius 2 is 1.84 bits per heavy atom. The largest absolute Gasteiger partial charge is 0.278 e. The molecule has 0 aliphatic rings. The molecule has 0 fully saturated rings. The van der Waals surface area contributed by atoms with Crippen LogP contribution in [0.15, 0.2) is 35.1 Å². The molecule has 0 bridgehead atoms. The minimum Gasteiger partial charge on any atom is -0.278 e. The van der Waals surface area contributed by atoms with E-state index in [2.05, 4.69) is 37.3 Å². The first-order valence-electron chi connectivity index (χ1n) is 8.62. The lowest BCUT2D eigenvalue weighted by atomic mass is 10.1. The van der Waals surface area contributed by atoms with Crippen LogP contribution in [0.25, 0.3) is 27.7 Å². The van der Waals surface area contributed by atoms with Crippen LogP contribution in [0.4, 0.5) is 0 Å². The smallest absolute Gasteiger partial charge is 0.262 e. The second kappa shape index (κ2) is 5.88. The maximum absolute atomic E-state index is 13.1. The van der Waals surface area contributed by atoms with Gasteiger partial charge < -0.3 is 0 Å². The summed E-state index contributed by atoms with van der Waals surface area (Å²) in [6.45, 7) is 6.96. The molecule has 2 aromatic heterocycles. The molecule has 0 spiro atoms. The van der Waals surface area contributed by atoms with Crippen LogP contribution in [0.2, 0.25) is 5.02 Å². The van der Waals surface area contributed by atoms with Gasteiger partial charge in [-0.2, -0.15) is 0 Å². The third-order valence-corrected chi connectivity index (χ3v) is 5.14. The average molecular weight is 354 g/mol. The zero-order valence-electron chi connectivity index (χ0n) is 14.6. The molecule has 4 aromatic rings. The zero-order valence-corrected chi connectivity index (χ0v) is 15.4. The molecule has 5 heteroatoms. The number of halogens is 1. The molecule has 0 atom stereocenters. The monoisotopic (exact) mass is 353 g/mol. The van der Waals surface area contributed by atoms with Gasteiger partial charge in [0.1, 0.15) is 0 Å². The van der Waals surface area contributed by atoms with Crippen molar-refractivity contribution in [2.24, 2.45) is 0 Å². The first kappa shape index (κ1) is 16.2. The van der Waals surface area contributed by atoms with Crippen LogP contribution in [0.5, 0.6) is 0 Å². The lowest BCUT2D eigenvalue weighted by Gasteiger charge is -2.11. The second-order valence-electron chi connectivity index (χ2n) is 6.64. The van der Waals surface area contributed by atoms with E-state index >= 15 is 0 Å². The molecule has 0 unspecified atom stereocenters. The molecular formula is C20H20ClN3O. The number of hydrogen-bond donors (Lipinski definition) is 0. The van der Waals surface area contributed by atoms with Crippen LogP contribution in [0.1, 0.15) is 30.9 Å². The Hall–Kier alpha value is -2.33. The minimum absolute atomic E-state index is 0.0257. The summed E-state index contributed by atoms with van der Waals surface area (Å²) in [5.41, 5.74) is 5.17. The van der Waals surface area contributed by atoms with Crippen LogP contribution >= 0.6 is 11.6 Å². The molecule has 0 saturated carbocycles. The molecule has 0 aliphatic carbocycles. The molecule has 128 valence electrons. The van der Waals surface area contributed by atoms with E-state index in [9.17, 15) is 4.79 Å². The van der Waals surface area contributed by atoms with Gasteiger partial charge in [0.25, 0.3) is 5.56 Å². The van der Waals surface area contributed by atoms with Crippen LogP contribution < -0.4 is 5.56 Å². The first-order valence-corrected chi connectivity index (χ1v) is 9.00. The number of unbranched alkanes of at least 4 members (excludes halogenated alkanes) is 1. The Morgan fingerprint density at radius 3 is 2.60 bits per heavy atom. The highest BCUT2D eigenvalue weighted by molar-refractivity contribution is 6.31. The maximum atomic E-state index is 13.1. The van der Waals surface area contributed by atoms with Crippen LogP contribution in [0, 0.1) is 13.8 Å². The summed E-state index contributed by atoms with van der Waals surface area (Å²) in [5, 5.41) is 1.20. The maximum Gasteiger partial charge on any atom is 0.262 e. The molecule has 25 heavy (non-hydrogen) atoms. The predicted molar refractivity (Wildman–Crippen MR) is 104 cm³/mol.